The second kappa shape index (κ2) is 19.4. The van der Waals surface area contributed by atoms with Crippen LogP contribution in [0.2, 0.25) is 0 Å². The van der Waals surface area contributed by atoms with Crippen LogP contribution < -0.4 is 5.73 Å². The van der Waals surface area contributed by atoms with Gasteiger partial charge in [-0.1, -0.05) is 83.3 Å². The molecule has 0 heterocycles. The van der Waals surface area contributed by atoms with E-state index in [0.717, 1.165) is 12.8 Å². The number of allylic oxidation sites excluding steroid dienone is 2. The summed E-state index contributed by atoms with van der Waals surface area (Å²) in [5, 5.41) is 18.2. The van der Waals surface area contributed by atoms with E-state index < -0.39 is 0 Å². The van der Waals surface area contributed by atoms with Crippen LogP contribution in [-0.2, 0) is 0 Å². The molecule has 3 nitrogen and oxygen atoms in total. The van der Waals surface area contributed by atoms with Crippen LogP contribution in [0.1, 0.15) is 116 Å². The van der Waals surface area contributed by atoms with Crippen LogP contribution in [0.3, 0.4) is 0 Å². The number of aliphatic hydroxyl groups excluding tert-OH is 2. The number of rotatable bonds is 20. The highest BCUT2D eigenvalue weighted by Crippen LogP contribution is 2.20. The van der Waals surface area contributed by atoms with E-state index in [9.17, 15) is 0 Å². The summed E-state index contributed by atoms with van der Waals surface area (Å²) in [4.78, 5) is 0. The Morgan fingerprint density at radius 3 is 1.50 bits per heavy atom. The number of hydrogen-bond donors (Lipinski definition) is 3. The maximum atomic E-state index is 9.10. The Labute approximate surface area is 163 Å². The van der Waals surface area contributed by atoms with Crippen molar-refractivity contribution in [2.24, 2.45) is 5.73 Å². The lowest BCUT2D eigenvalue weighted by molar-refractivity contribution is 0.183. The molecule has 0 rings (SSSR count). The van der Waals surface area contributed by atoms with E-state index in [2.05, 4.69) is 19.1 Å². The molecule has 4 N–H and O–H groups in total. The van der Waals surface area contributed by atoms with Crippen LogP contribution in [0.25, 0.3) is 0 Å². The van der Waals surface area contributed by atoms with Gasteiger partial charge in [0.2, 0.25) is 0 Å². The van der Waals surface area contributed by atoms with Gasteiger partial charge in [0.1, 0.15) is 0 Å². The second-order valence-electron chi connectivity index (χ2n) is 8.00. The van der Waals surface area contributed by atoms with Crippen molar-refractivity contribution in [2.45, 2.75) is 122 Å². The quantitative estimate of drug-likeness (QED) is 0.185. The molecule has 0 spiro atoms. The fraction of sp³-hybridized carbons (Fsp3) is 0.913. The lowest BCUT2D eigenvalue weighted by Crippen LogP contribution is -2.41. The van der Waals surface area contributed by atoms with Gasteiger partial charge >= 0.3 is 0 Å². The third kappa shape index (κ3) is 17.1. The topological polar surface area (TPSA) is 66.5 Å². The SMILES string of the molecule is CCCCCCCCC=CCCCCCCCCC(N)(CCO)CCO. The van der Waals surface area contributed by atoms with Crippen LogP contribution in [0, 0.1) is 0 Å². The molecule has 0 unspecified atom stereocenters. The normalized spacial score (nSPS) is 12.3. The average molecular weight is 370 g/mol. The summed E-state index contributed by atoms with van der Waals surface area (Å²) in [6.07, 6.45) is 25.2. The maximum Gasteiger partial charge on any atom is 0.0448 e. The largest absolute Gasteiger partial charge is 0.396 e. The highest BCUT2D eigenvalue weighted by atomic mass is 16.3. The van der Waals surface area contributed by atoms with Crippen molar-refractivity contribution in [1.82, 2.24) is 0 Å². The zero-order valence-corrected chi connectivity index (χ0v) is 17.6. The van der Waals surface area contributed by atoms with Gasteiger partial charge in [-0.05, 0) is 44.9 Å². The van der Waals surface area contributed by atoms with E-state index >= 15 is 0 Å². The Bertz CT molecular complexity index is 299. The van der Waals surface area contributed by atoms with Crippen LogP contribution in [0.15, 0.2) is 12.2 Å². The van der Waals surface area contributed by atoms with Crippen molar-refractivity contribution in [3.63, 3.8) is 0 Å². The third-order valence-corrected chi connectivity index (χ3v) is 5.41. The smallest absolute Gasteiger partial charge is 0.0448 e. The summed E-state index contributed by atoms with van der Waals surface area (Å²) in [6.45, 7) is 2.50. The van der Waals surface area contributed by atoms with Crippen molar-refractivity contribution in [2.75, 3.05) is 13.2 Å². The molecule has 0 bridgehead atoms. The highest BCUT2D eigenvalue weighted by molar-refractivity contribution is 4.83. The predicted octanol–water partition coefficient (Wildman–Crippen LogP) is 5.88. The van der Waals surface area contributed by atoms with Crippen LogP contribution in [0.5, 0.6) is 0 Å². The minimum absolute atomic E-state index is 0.114. The summed E-state index contributed by atoms with van der Waals surface area (Å²) in [7, 11) is 0. The molecule has 0 aliphatic carbocycles. The Morgan fingerprint density at radius 2 is 1.04 bits per heavy atom. The molecular formula is C23H47NO2. The molecule has 0 aromatic heterocycles. The average Bonchev–Trinajstić information content (AvgIpc) is 2.62. The zero-order valence-electron chi connectivity index (χ0n) is 17.6. The van der Waals surface area contributed by atoms with Gasteiger partial charge in [-0.15, -0.1) is 0 Å². The van der Waals surface area contributed by atoms with E-state index in [1.54, 1.807) is 0 Å². The highest BCUT2D eigenvalue weighted by Gasteiger charge is 2.22. The molecule has 0 aliphatic heterocycles. The maximum absolute atomic E-state index is 9.10. The van der Waals surface area contributed by atoms with Crippen molar-refractivity contribution < 1.29 is 10.2 Å². The van der Waals surface area contributed by atoms with Crippen LogP contribution in [0.4, 0.5) is 0 Å². The lowest BCUT2D eigenvalue weighted by atomic mass is 9.87. The summed E-state index contributed by atoms with van der Waals surface area (Å²) in [6, 6.07) is 0. The Balaban J connectivity index is 3.36. The summed E-state index contributed by atoms with van der Waals surface area (Å²) in [5.74, 6) is 0. The third-order valence-electron chi connectivity index (χ3n) is 5.41. The Morgan fingerprint density at radius 1 is 0.615 bits per heavy atom. The van der Waals surface area contributed by atoms with Gasteiger partial charge in [0.15, 0.2) is 0 Å². The van der Waals surface area contributed by atoms with Gasteiger partial charge in [0.25, 0.3) is 0 Å². The van der Waals surface area contributed by atoms with Crippen molar-refractivity contribution in [3.05, 3.63) is 12.2 Å². The Hall–Kier alpha value is -0.380. The molecule has 0 fully saturated rings. The van der Waals surface area contributed by atoms with Crippen LogP contribution >= 0.6 is 0 Å². The fourth-order valence-electron chi connectivity index (χ4n) is 3.54. The second-order valence-corrected chi connectivity index (χ2v) is 8.00. The molecule has 26 heavy (non-hydrogen) atoms. The molecular weight excluding hydrogens is 322 g/mol. The monoisotopic (exact) mass is 369 g/mol. The van der Waals surface area contributed by atoms with Gasteiger partial charge in [0, 0.05) is 18.8 Å². The van der Waals surface area contributed by atoms with Crippen molar-refractivity contribution in [3.8, 4) is 0 Å². The van der Waals surface area contributed by atoms with Gasteiger partial charge in [-0.2, -0.15) is 0 Å². The molecule has 0 saturated heterocycles. The molecule has 0 saturated carbocycles. The fourth-order valence-corrected chi connectivity index (χ4v) is 3.54. The first kappa shape index (κ1) is 25.6. The minimum atomic E-state index is -0.371. The first-order chi connectivity index (χ1) is 12.7. The first-order valence-corrected chi connectivity index (χ1v) is 11.3. The van der Waals surface area contributed by atoms with E-state index in [4.69, 9.17) is 15.9 Å². The molecule has 156 valence electrons. The lowest BCUT2D eigenvalue weighted by Gasteiger charge is -2.28. The summed E-state index contributed by atoms with van der Waals surface area (Å²) < 4.78 is 0. The van der Waals surface area contributed by atoms with E-state index in [-0.39, 0.29) is 18.8 Å². The molecule has 0 aromatic carbocycles. The zero-order chi connectivity index (χ0) is 19.3. The number of unbranched alkanes of at least 4 members (excludes halogenated alkanes) is 12. The number of aliphatic hydroxyl groups is 2. The summed E-state index contributed by atoms with van der Waals surface area (Å²) >= 11 is 0. The molecule has 0 aromatic rings. The Kier molecular flexibility index (Phi) is 19.1. The van der Waals surface area contributed by atoms with Gasteiger partial charge in [0.05, 0.1) is 0 Å². The molecule has 0 amide bonds. The van der Waals surface area contributed by atoms with E-state index in [1.165, 1.54) is 83.5 Å². The van der Waals surface area contributed by atoms with Crippen molar-refractivity contribution in [1.29, 1.82) is 0 Å². The molecule has 0 aliphatic rings. The van der Waals surface area contributed by atoms with Gasteiger partial charge < -0.3 is 15.9 Å². The van der Waals surface area contributed by atoms with Gasteiger partial charge in [-0.25, -0.2) is 0 Å². The standard InChI is InChI=1S/C23H47NO2/c1-2-3-4-5-6-7-8-9-10-11-12-13-14-15-16-17-18-23(24,19-21-25)20-22-26/h9-10,25-26H,2-8,11-22,24H2,1H3. The summed E-state index contributed by atoms with van der Waals surface area (Å²) in [5.41, 5.74) is 5.88. The van der Waals surface area contributed by atoms with Crippen LogP contribution in [-0.4, -0.2) is 29.0 Å². The molecule has 0 atom stereocenters. The number of hydrogen-bond acceptors (Lipinski definition) is 3. The van der Waals surface area contributed by atoms with E-state index in [0.29, 0.717) is 12.8 Å². The van der Waals surface area contributed by atoms with E-state index in [1.807, 2.05) is 0 Å². The molecule has 0 radical (unpaired) electrons. The minimum Gasteiger partial charge on any atom is -0.396 e. The van der Waals surface area contributed by atoms with Crippen molar-refractivity contribution >= 4 is 0 Å². The molecule has 3 heteroatoms. The predicted molar refractivity (Wildman–Crippen MR) is 114 cm³/mol. The first-order valence-electron chi connectivity index (χ1n) is 11.3. The number of nitrogens with two attached hydrogens (primary N) is 1. The van der Waals surface area contributed by atoms with Gasteiger partial charge in [-0.3, -0.25) is 0 Å².